The number of carbonyl (C=O) groups excluding carboxylic acids is 1. The number of methoxy groups -OCH3 is 1. The molecule has 3 aromatic rings. The van der Waals surface area contributed by atoms with Gasteiger partial charge < -0.3 is 9.47 Å². The van der Waals surface area contributed by atoms with E-state index in [0.717, 1.165) is 0 Å². The van der Waals surface area contributed by atoms with Crippen LogP contribution in [0.4, 0.5) is 10.7 Å². The fourth-order valence-corrected chi connectivity index (χ4v) is 3.02. The molecule has 0 aliphatic rings. The number of hydrogen-bond donors (Lipinski definition) is 0. The number of fused-ring (bicyclic) bond motifs is 1. The van der Waals surface area contributed by atoms with Crippen LogP contribution in [0.15, 0.2) is 53.3 Å². The van der Waals surface area contributed by atoms with Crippen LogP contribution in [0.2, 0.25) is 0 Å². The van der Waals surface area contributed by atoms with Gasteiger partial charge in [0, 0.05) is 6.54 Å². The average Bonchev–Trinajstić information content (AvgIpc) is 2.67. The molecule has 0 saturated heterocycles. The van der Waals surface area contributed by atoms with E-state index in [0.29, 0.717) is 22.3 Å². The van der Waals surface area contributed by atoms with E-state index in [2.05, 4.69) is 4.98 Å². The highest BCUT2D eigenvalue weighted by Gasteiger charge is 2.27. The fourth-order valence-electron chi connectivity index (χ4n) is 3.02. The standard InChI is InChI=1S/C22H25N3O4/c1-6-24(21(27)29-22(2,3)4)20-23-16-13-10-14-17(28-5)18(16)19(26)25(20)15-11-8-7-9-12-15/h7-14H,6H2,1-5H3. The van der Waals surface area contributed by atoms with Crippen LogP contribution in [-0.4, -0.2) is 34.9 Å². The summed E-state index contributed by atoms with van der Waals surface area (Å²) in [6.07, 6.45) is -0.571. The van der Waals surface area contributed by atoms with E-state index in [1.807, 2.05) is 18.2 Å². The molecule has 152 valence electrons. The number of nitrogens with zero attached hydrogens (tertiary/aromatic N) is 3. The molecule has 0 aliphatic carbocycles. The van der Waals surface area contributed by atoms with Crippen LogP contribution in [0, 0.1) is 0 Å². The van der Waals surface area contributed by atoms with E-state index in [9.17, 15) is 9.59 Å². The van der Waals surface area contributed by atoms with Crippen LogP contribution in [0.5, 0.6) is 5.75 Å². The molecule has 0 atom stereocenters. The van der Waals surface area contributed by atoms with Crippen LogP contribution in [-0.2, 0) is 4.74 Å². The second-order valence-corrected chi connectivity index (χ2v) is 7.47. The molecule has 0 fully saturated rings. The molecule has 29 heavy (non-hydrogen) atoms. The van der Waals surface area contributed by atoms with Gasteiger partial charge in [-0.25, -0.2) is 19.2 Å². The highest BCUT2D eigenvalue weighted by molar-refractivity contribution is 5.90. The zero-order chi connectivity index (χ0) is 21.2. The van der Waals surface area contributed by atoms with Gasteiger partial charge >= 0.3 is 6.09 Å². The van der Waals surface area contributed by atoms with Crippen molar-refractivity contribution in [2.24, 2.45) is 0 Å². The van der Waals surface area contributed by atoms with Crippen molar-refractivity contribution in [2.75, 3.05) is 18.6 Å². The Hall–Kier alpha value is -3.35. The maximum Gasteiger partial charge on any atom is 0.417 e. The molecule has 0 N–H and O–H groups in total. The van der Waals surface area contributed by atoms with Gasteiger partial charge in [-0.3, -0.25) is 4.79 Å². The Morgan fingerprint density at radius 2 is 1.79 bits per heavy atom. The van der Waals surface area contributed by atoms with Crippen LogP contribution < -0.4 is 15.2 Å². The highest BCUT2D eigenvalue weighted by Crippen LogP contribution is 2.26. The fraction of sp³-hybridized carbons (Fsp3) is 0.318. The lowest BCUT2D eigenvalue weighted by Gasteiger charge is -2.27. The largest absolute Gasteiger partial charge is 0.496 e. The number of amides is 1. The Kier molecular flexibility index (Phi) is 5.59. The Labute approximate surface area is 169 Å². The molecule has 0 aliphatic heterocycles. The van der Waals surface area contributed by atoms with Gasteiger partial charge in [0.1, 0.15) is 16.7 Å². The normalized spacial score (nSPS) is 11.3. The minimum absolute atomic E-state index is 0.193. The molecule has 0 spiro atoms. The van der Waals surface area contributed by atoms with E-state index in [-0.39, 0.29) is 18.1 Å². The number of carbonyl (C=O) groups is 1. The molecule has 0 radical (unpaired) electrons. The highest BCUT2D eigenvalue weighted by atomic mass is 16.6. The summed E-state index contributed by atoms with van der Waals surface area (Å²) in [6.45, 7) is 7.47. The number of anilines is 1. The Bertz CT molecular complexity index is 1080. The SMILES string of the molecule is CCN(C(=O)OC(C)(C)C)c1nc2cccc(OC)c2c(=O)n1-c1ccccc1. The topological polar surface area (TPSA) is 73.7 Å². The van der Waals surface area contributed by atoms with Crippen molar-refractivity contribution in [3.05, 3.63) is 58.9 Å². The molecule has 1 aromatic heterocycles. The summed E-state index contributed by atoms with van der Waals surface area (Å²) >= 11 is 0. The third-order valence-electron chi connectivity index (χ3n) is 4.25. The van der Waals surface area contributed by atoms with Crippen molar-refractivity contribution in [3.63, 3.8) is 0 Å². The van der Waals surface area contributed by atoms with Gasteiger partial charge in [0.25, 0.3) is 5.56 Å². The zero-order valence-corrected chi connectivity index (χ0v) is 17.3. The summed E-state index contributed by atoms with van der Waals surface area (Å²) in [5.41, 5.74) is 0.0339. The number of para-hydroxylation sites is 1. The predicted molar refractivity (Wildman–Crippen MR) is 113 cm³/mol. The summed E-state index contributed by atoms with van der Waals surface area (Å²) in [7, 11) is 1.51. The summed E-state index contributed by atoms with van der Waals surface area (Å²) in [5, 5.41) is 0.350. The summed E-state index contributed by atoms with van der Waals surface area (Å²) < 4.78 is 12.3. The number of benzene rings is 2. The van der Waals surface area contributed by atoms with E-state index in [1.165, 1.54) is 16.6 Å². The molecule has 0 unspecified atom stereocenters. The molecule has 0 saturated carbocycles. The Morgan fingerprint density at radius 3 is 2.38 bits per heavy atom. The molecule has 2 aromatic carbocycles. The molecule has 7 heteroatoms. The second kappa shape index (κ2) is 7.95. The Morgan fingerprint density at radius 1 is 1.10 bits per heavy atom. The van der Waals surface area contributed by atoms with Crippen LogP contribution >= 0.6 is 0 Å². The van der Waals surface area contributed by atoms with E-state index in [1.54, 1.807) is 58.0 Å². The summed E-state index contributed by atoms with van der Waals surface area (Å²) in [6, 6.07) is 14.3. The monoisotopic (exact) mass is 395 g/mol. The minimum Gasteiger partial charge on any atom is -0.496 e. The maximum atomic E-state index is 13.5. The average molecular weight is 395 g/mol. The minimum atomic E-state index is -0.678. The number of ether oxygens (including phenoxy) is 2. The third kappa shape index (κ3) is 4.08. The first-order valence-electron chi connectivity index (χ1n) is 9.42. The van der Waals surface area contributed by atoms with Crippen LogP contribution in [0.3, 0.4) is 0 Å². The van der Waals surface area contributed by atoms with Crippen LogP contribution in [0.1, 0.15) is 27.7 Å². The van der Waals surface area contributed by atoms with Crippen molar-refractivity contribution in [3.8, 4) is 11.4 Å². The van der Waals surface area contributed by atoms with Crippen molar-refractivity contribution >= 4 is 22.9 Å². The summed E-state index contributed by atoms with van der Waals surface area (Å²) in [5.74, 6) is 0.621. The van der Waals surface area contributed by atoms with Gasteiger partial charge in [-0.05, 0) is 52.0 Å². The molecular formula is C22H25N3O4. The molecule has 1 amide bonds. The van der Waals surface area contributed by atoms with E-state index < -0.39 is 11.7 Å². The lowest BCUT2D eigenvalue weighted by Crippen LogP contribution is -2.40. The first-order chi connectivity index (χ1) is 13.8. The number of aromatic nitrogens is 2. The van der Waals surface area contributed by atoms with Gasteiger partial charge in [0.2, 0.25) is 5.95 Å². The second-order valence-electron chi connectivity index (χ2n) is 7.47. The molecule has 1 heterocycles. The van der Waals surface area contributed by atoms with Gasteiger partial charge in [-0.1, -0.05) is 24.3 Å². The Balaban J connectivity index is 2.33. The number of rotatable bonds is 4. The first kappa shape index (κ1) is 20.4. The van der Waals surface area contributed by atoms with Gasteiger partial charge in [-0.15, -0.1) is 0 Å². The first-order valence-corrected chi connectivity index (χ1v) is 9.42. The third-order valence-corrected chi connectivity index (χ3v) is 4.25. The van der Waals surface area contributed by atoms with Crippen molar-refractivity contribution < 1.29 is 14.3 Å². The zero-order valence-electron chi connectivity index (χ0n) is 17.3. The van der Waals surface area contributed by atoms with Crippen molar-refractivity contribution in [1.82, 2.24) is 9.55 Å². The lowest BCUT2D eigenvalue weighted by atomic mass is 10.2. The van der Waals surface area contributed by atoms with E-state index >= 15 is 0 Å². The molecule has 3 rings (SSSR count). The van der Waals surface area contributed by atoms with Crippen LogP contribution in [0.25, 0.3) is 16.6 Å². The maximum absolute atomic E-state index is 13.5. The van der Waals surface area contributed by atoms with Crippen molar-refractivity contribution in [2.45, 2.75) is 33.3 Å². The lowest BCUT2D eigenvalue weighted by molar-refractivity contribution is 0.0579. The molecule has 7 nitrogen and oxygen atoms in total. The van der Waals surface area contributed by atoms with Gasteiger partial charge in [-0.2, -0.15) is 0 Å². The van der Waals surface area contributed by atoms with Gasteiger partial charge in [0.05, 0.1) is 18.3 Å². The quantitative estimate of drug-likeness (QED) is 0.663. The van der Waals surface area contributed by atoms with Crippen molar-refractivity contribution in [1.29, 1.82) is 0 Å². The van der Waals surface area contributed by atoms with Gasteiger partial charge in [0.15, 0.2) is 0 Å². The smallest absolute Gasteiger partial charge is 0.417 e. The summed E-state index contributed by atoms with van der Waals surface area (Å²) in [4.78, 5) is 32.4. The number of hydrogen-bond acceptors (Lipinski definition) is 5. The van der Waals surface area contributed by atoms with E-state index in [4.69, 9.17) is 9.47 Å². The predicted octanol–water partition coefficient (Wildman–Crippen LogP) is 4.16. The molecule has 0 bridgehead atoms. The molecular weight excluding hydrogens is 370 g/mol.